The van der Waals surface area contributed by atoms with E-state index in [0.717, 1.165) is 52.7 Å². The zero-order valence-corrected chi connectivity index (χ0v) is 22.8. The van der Waals surface area contributed by atoms with Crippen LogP contribution in [0.15, 0.2) is 75.6 Å². The first-order valence-corrected chi connectivity index (χ1v) is 13.2. The van der Waals surface area contributed by atoms with Gasteiger partial charge in [-0.25, -0.2) is 4.79 Å². The summed E-state index contributed by atoms with van der Waals surface area (Å²) < 4.78 is 6.73. The van der Waals surface area contributed by atoms with Gasteiger partial charge in [0, 0.05) is 31.8 Å². The number of rotatable bonds is 10. The SMILES string of the molecule is CCCCc1oc2ccccc2c1C(=O)N(C)Cc1ccc(-c2ccc(OOC(=O)CC)c(Br)c2)cc1. The highest BCUT2D eigenvalue weighted by atomic mass is 79.9. The molecule has 0 aliphatic heterocycles. The molecule has 0 bridgehead atoms. The van der Waals surface area contributed by atoms with Crippen LogP contribution in [0.4, 0.5) is 0 Å². The summed E-state index contributed by atoms with van der Waals surface area (Å²) in [5.41, 5.74) is 4.43. The summed E-state index contributed by atoms with van der Waals surface area (Å²) in [7, 11) is 1.82. The Morgan fingerprint density at radius 3 is 2.41 bits per heavy atom. The quantitative estimate of drug-likeness (QED) is 0.146. The molecule has 0 radical (unpaired) electrons. The molecule has 0 atom stereocenters. The van der Waals surface area contributed by atoms with Crippen molar-refractivity contribution in [3.63, 3.8) is 0 Å². The number of hydrogen-bond acceptors (Lipinski definition) is 5. The van der Waals surface area contributed by atoms with Crippen LogP contribution in [0.3, 0.4) is 0 Å². The van der Waals surface area contributed by atoms with E-state index in [1.54, 1.807) is 17.9 Å². The lowest BCUT2D eigenvalue weighted by molar-refractivity contribution is -0.213. The second-order valence-electron chi connectivity index (χ2n) is 8.90. The van der Waals surface area contributed by atoms with E-state index in [9.17, 15) is 9.59 Å². The van der Waals surface area contributed by atoms with Gasteiger partial charge in [0.2, 0.25) is 0 Å². The molecule has 37 heavy (non-hydrogen) atoms. The number of aryl methyl sites for hydroxylation is 1. The monoisotopic (exact) mass is 563 g/mol. The standard InChI is InChI=1S/C30H30BrNO5/c1-4-6-10-27-29(23-9-7-8-11-25(23)35-27)30(34)32(3)19-20-12-14-21(15-13-20)22-16-17-26(24(31)18-22)36-37-28(33)5-2/h7-9,11-18H,4-6,10,19H2,1-3H3. The van der Waals surface area contributed by atoms with Crippen LogP contribution >= 0.6 is 15.9 Å². The van der Waals surface area contributed by atoms with Crippen molar-refractivity contribution in [2.24, 2.45) is 0 Å². The van der Waals surface area contributed by atoms with Gasteiger partial charge in [0.1, 0.15) is 11.3 Å². The zero-order valence-electron chi connectivity index (χ0n) is 21.3. The summed E-state index contributed by atoms with van der Waals surface area (Å²) in [5.74, 6) is 0.710. The minimum absolute atomic E-state index is 0.0385. The first-order valence-electron chi connectivity index (χ1n) is 12.4. The number of amides is 1. The minimum Gasteiger partial charge on any atom is -0.460 e. The maximum absolute atomic E-state index is 13.5. The van der Waals surface area contributed by atoms with Crippen LogP contribution in [0.25, 0.3) is 22.1 Å². The minimum atomic E-state index is -0.437. The van der Waals surface area contributed by atoms with E-state index in [2.05, 4.69) is 22.9 Å². The van der Waals surface area contributed by atoms with Gasteiger partial charge in [-0.3, -0.25) is 14.6 Å². The summed E-state index contributed by atoms with van der Waals surface area (Å²) in [6, 6.07) is 21.3. The number of unbranched alkanes of at least 4 members (excludes halogenated alkanes) is 1. The number of nitrogens with zero attached hydrogens (tertiary/aromatic N) is 1. The molecule has 0 aliphatic carbocycles. The molecular formula is C30H30BrNO5. The fourth-order valence-corrected chi connectivity index (χ4v) is 4.53. The van der Waals surface area contributed by atoms with Crippen LogP contribution in [-0.4, -0.2) is 23.8 Å². The van der Waals surface area contributed by atoms with E-state index in [-0.39, 0.29) is 12.3 Å². The molecule has 7 heteroatoms. The second kappa shape index (κ2) is 12.1. The van der Waals surface area contributed by atoms with Crippen molar-refractivity contribution >= 4 is 38.8 Å². The molecule has 0 aliphatic rings. The summed E-state index contributed by atoms with van der Waals surface area (Å²) in [5, 5.41) is 0.864. The Kier molecular flexibility index (Phi) is 8.66. The predicted octanol–water partition coefficient (Wildman–Crippen LogP) is 7.72. The van der Waals surface area contributed by atoms with Crippen molar-refractivity contribution < 1.29 is 23.8 Å². The maximum atomic E-state index is 13.5. The van der Waals surface area contributed by atoms with Gasteiger partial charge in [0.25, 0.3) is 5.91 Å². The molecule has 0 unspecified atom stereocenters. The predicted molar refractivity (Wildman–Crippen MR) is 147 cm³/mol. The molecule has 0 N–H and O–H groups in total. The highest BCUT2D eigenvalue weighted by molar-refractivity contribution is 9.10. The van der Waals surface area contributed by atoms with Crippen LogP contribution in [0, 0.1) is 0 Å². The van der Waals surface area contributed by atoms with Crippen LogP contribution in [0.5, 0.6) is 5.75 Å². The second-order valence-corrected chi connectivity index (χ2v) is 9.75. The van der Waals surface area contributed by atoms with Gasteiger partial charge in [-0.2, -0.15) is 0 Å². The number of carbonyl (C=O) groups excluding carboxylic acids is 2. The molecule has 1 amide bonds. The molecule has 4 aromatic rings. The number of benzene rings is 3. The number of hydrogen-bond donors (Lipinski definition) is 0. The van der Waals surface area contributed by atoms with Crippen LogP contribution in [0.1, 0.15) is 54.8 Å². The number of carbonyl (C=O) groups is 2. The Balaban J connectivity index is 1.47. The van der Waals surface area contributed by atoms with Crippen molar-refractivity contribution in [1.29, 1.82) is 0 Å². The number of fused-ring (bicyclic) bond motifs is 1. The van der Waals surface area contributed by atoms with Gasteiger partial charge in [-0.15, -0.1) is 0 Å². The Bertz CT molecular complexity index is 1390. The highest BCUT2D eigenvalue weighted by Crippen LogP contribution is 2.32. The first-order chi connectivity index (χ1) is 17.9. The topological polar surface area (TPSA) is 69.0 Å². The van der Waals surface area contributed by atoms with E-state index in [1.807, 2.05) is 67.7 Å². The third-order valence-corrected chi connectivity index (χ3v) is 6.76. The molecular weight excluding hydrogens is 534 g/mol. The molecule has 0 fully saturated rings. The Labute approximate surface area is 225 Å². The number of furan rings is 1. The molecule has 0 saturated heterocycles. The van der Waals surface area contributed by atoms with Crippen molar-refractivity contribution in [1.82, 2.24) is 4.90 Å². The molecule has 0 spiro atoms. The van der Waals surface area contributed by atoms with Gasteiger partial charge >= 0.3 is 5.97 Å². The molecule has 6 nitrogen and oxygen atoms in total. The molecule has 0 saturated carbocycles. The largest absolute Gasteiger partial charge is 0.460 e. The van der Waals surface area contributed by atoms with Crippen molar-refractivity contribution in [3.05, 3.63) is 88.1 Å². The average Bonchev–Trinajstić information content (AvgIpc) is 3.29. The van der Waals surface area contributed by atoms with Gasteiger partial charge in [0.15, 0.2) is 5.75 Å². The first kappa shape index (κ1) is 26.5. The Morgan fingerprint density at radius 1 is 0.973 bits per heavy atom. The van der Waals surface area contributed by atoms with E-state index < -0.39 is 5.97 Å². The van der Waals surface area contributed by atoms with E-state index in [0.29, 0.717) is 22.3 Å². The van der Waals surface area contributed by atoms with Crippen molar-refractivity contribution in [2.75, 3.05) is 7.05 Å². The molecule has 192 valence electrons. The summed E-state index contributed by atoms with van der Waals surface area (Å²) in [6.07, 6.45) is 2.99. The van der Waals surface area contributed by atoms with E-state index in [4.69, 9.17) is 14.2 Å². The third-order valence-electron chi connectivity index (χ3n) is 6.14. The lowest BCUT2D eigenvalue weighted by Crippen LogP contribution is -2.26. The summed E-state index contributed by atoms with van der Waals surface area (Å²) in [6.45, 7) is 4.31. The smallest absolute Gasteiger partial charge is 0.355 e. The lowest BCUT2D eigenvalue weighted by atomic mass is 10.0. The van der Waals surface area contributed by atoms with Crippen LogP contribution in [-0.2, 0) is 22.6 Å². The van der Waals surface area contributed by atoms with Crippen LogP contribution in [0.2, 0.25) is 0 Å². The van der Waals surface area contributed by atoms with E-state index >= 15 is 0 Å². The van der Waals surface area contributed by atoms with Crippen LogP contribution < -0.4 is 4.89 Å². The van der Waals surface area contributed by atoms with Gasteiger partial charge in [0.05, 0.1) is 10.0 Å². The van der Waals surface area contributed by atoms with Crippen molar-refractivity contribution in [2.45, 2.75) is 46.1 Å². The molecule has 1 aromatic heterocycles. The Hall–Kier alpha value is -3.58. The third kappa shape index (κ3) is 6.23. The van der Waals surface area contributed by atoms with Gasteiger partial charge in [-0.1, -0.05) is 68.8 Å². The van der Waals surface area contributed by atoms with Gasteiger partial charge < -0.3 is 9.32 Å². The lowest BCUT2D eigenvalue weighted by Gasteiger charge is -2.18. The number of halogens is 1. The fourth-order valence-electron chi connectivity index (χ4n) is 4.08. The molecule has 1 heterocycles. The van der Waals surface area contributed by atoms with Crippen molar-refractivity contribution in [3.8, 4) is 16.9 Å². The summed E-state index contributed by atoms with van der Waals surface area (Å²) in [4.78, 5) is 36.4. The summed E-state index contributed by atoms with van der Waals surface area (Å²) >= 11 is 3.47. The zero-order chi connectivity index (χ0) is 26.4. The average molecular weight is 564 g/mol. The van der Waals surface area contributed by atoms with E-state index in [1.165, 1.54) is 0 Å². The Morgan fingerprint density at radius 2 is 1.70 bits per heavy atom. The fraction of sp³-hybridized carbons (Fsp3) is 0.267. The molecule has 3 aromatic carbocycles. The highest BCUT2D eigenvalue weighted by Gasteiger charge is 2.23. The maximum Gasteiger partial charge on any atom is 0.355 e. The number of para-hydroxylation sites is 1. The van der Waals surface area contributed by atoms with Gasteiger partial charge in [-0.05, 0) is 57.2 Å². The molecule has 4 rings (SSSR count). The normalized spacial score (nSPS) is 10.9.